The maximum atomic E-state index is 6.06. The van der Waals surface area contributed by atoms with E-state index in [2.05, 4.69) is 19.1 Å². The van der Waals surface area contributed by atoms with Gasteiger partial charge in [-0.25, -0.2) is 0 Å². The van der Waals surface area contributed by atoms with E-state index in [0.717, 1.165) is 24.5 Å². The van der Waals surface area contributed by atoms with Crippen LogP contribution in [0, 0.1) is 11.8 Å². The van der Waals surface area contributed by atoms with Crippen LogP contribution in [0.2, 0.25) is 5.02 Å². The Morgan fingerprint density at radius 1 is 1.24 bits per heavy atom. The highest BCUT2D eigenvalue weighted by molar-refractivity contribution is 6.30. The summed E-state index contributed by atoms with van der Waals surface area (Å²) in [6, 6.07) is 8.01. The molecule has 0 aliphatic rings. The Labute approximate surface area is 114 Å². The van der Waals surface area contributed by atoms with E-state index in [9.17, 15) is 0 Å². The summed E-state index contributed by atoms with van der Waals surface area (Å²) in [5.41, 5.74) is 1.30. The van der Waals surface area contributed by atoms with Gasteiger partial charge in [-0.15, -0.1) is 11.6 Å². The van der Waals surface area contributed by atoms with Crippen molar-refractivity contribution < 1.29 is 4.74 Å². The van der Waals surface area contributed by atoms with Crippen molar-refractivity contribution in [1.82, 2.24) is 0 Å². The second-order valence-electron chi connectivity index (χ2n) is 4.50. The van der Waals surface area contributed by atoms with Gasteiger partial charge in [0.05, 0.1) is 0 Å². The zero-order valence-electron chi connectivity index (χ0n) is 10.5. The predicted molar refractivity (Wildman–Crippen MR) is 75.0 cm³/mol. The first-order valence-electron chi connectivity index (χ1n) is 5.96. The molecule has 17 heavy (non-hydrogen) atoms. The van der Waals surface area contributed by atoms with Crippen LogP contribution >= 0.6 is 23.2 Å². The molecule has 1 aromatic carbocycles. The minimum Gasteiger partial charge on any atom is -0.385 e. The molecule has 0 spiro atoms. The minimum atomic E-state index is 0.494. The van der Waals surface area contributed by atoms with E-state index < -0.39 is 0 Å². The van der Waals surface area contributed by atoms with E-state index in [0.29, 0.717) is 17.7 Å². The number of hydrogen-bond donors (Lipinski definition) is 0. The lowest BCUT2D eigenvalue weighted by Crippen LogP contribution is -2.18. The number of methoxy groups -OCH3 is 1. The molecule has 0 saturated carbocycles. The van der Waals surface area contributed by atoms with Gasteiger partial charge in [0, 0.05) is 24.6 Å². The van der Waals surface area contributed by atoms with Crippen molar-refractivity contribution in [2.45, 2.75) is 19.8 Å². The van der Waals surface area contributed by atoms with E-state index in [-0.39, 0.29) is 0 Å². The van der Waals surface area contributed by atoms with E-state index in [1.807, 2.05) is 12.1 Å². The van der Waals surface area contributed by atoms with E-state index in [1.54, 1.807) is 7.11 Å². The summed E-state index contributed by atoms with van der Waals surface area (Å²) >= 11 is 11.9. The molecule has 1 nitrogen and oxygen atoms in total. The van der Waals surface area contributed by atoms with E-state index in [4.69, 9.17) is 27.9 Å². The second kappa shape index (κ2) is 7.97. The molecule has 1 rings (SSSR count). The molecule has 96 valence electrons. The zero-order chi connectivity index (χ0) is 12.7. The van der Waals surface area contributed by atoms with Crippen LogP contribution < -0.4 is 0 Å². The maximum Gasteiger partial charge on any atom is 0.0464 e. The third kappa shape index (κ3) is 5.29. The van der Waals surface area contributed by atoms with Gasteiger partial charge in [-0.2, -0.15) is 0 Å². The van der Waals surface area contributed by atoms with Gasteiger partial charge in [-0.1, -0.05) is 30.7 Å². The van der Waals surface area contributed by atoms with E-state index in [1.165, 1.54) is 5.56 Å². The Morgan fingerprint density at radius 2 is 1.88 bits per heavy atom. The number of ether oxygens (including phenoxy) is 1. The number of alkyl halides is 1. The molecule has 1 aromatic rings. The summed E-state index contributed by atoms with van der Waals surface area (Å²) in [5, 5.41) is 0.781. The van der Waals surface area contributed by atoms with Gasteiger partial charge in [0.25, 0.3) is 0 Å². The van der Waals surface area contributed by atoms with Crippen molar-refractivity contribution in [1.29, 1.82) is 0 Å². The highest BCUT2D eigenvalue weighted by atomic mass is 35.5. The van der Waals surface area contributed by atoms with Crippen LogP contribution in [0.15, 0.2) is 24.3 Å². The molecule has 0 bridgehead atoms. The fourth-order valence-corrected chi connectivity index (χ4v) is 2.41. The first kappa shape index (κ1) is 14.8. The highest BCUT2D eigenvalue weighted by Crippen LogP contribution is 2.22. The van der Waals surface area contributed by atoms with Gasteiger partial charge in [0.1, 0.15) is 0 Å². The summed E-state index contributed by atoms with van der Waals surface area (Å²) in [7, 11) is 1.74. The van der Waals surface area contributed by atoms with Crippen molar-refractivity contribution in [3.63, 3.8) is 0 Å². The molecule has 2 unspecified atom stereocenters. The van der Waals surface area contributed by atoms with Crippen LogP contribution in [0.25, 0.3) is 0 Å². The van der Waals surface area contributed by atoms with Crippen LogP contribution in [0.1, 0.15) is 18.9 Å². The molecular weight excluding hydrogens is 255 g/mol. The Bertz CT molecular complexity index is 311. The minimum absolute atomic E-state index is 0.494. The predicted octanol–water partition coefficient (Wildman–Crippen LogP) is 4.41. The van der Waals surface area contributed by atoms with Crippen LogP contribution in [0.3, 0.4) is 0 Å². The first-order valence-corrected chi connectivity index (χ1v) is 6.88. The topological polar surface area (TPSA) is 9.23 Å². The number of benzene rings is 1. The molecule has 0 aliphatic heterocycles. The third-order valence-corrected chi connectivity index (χ3v) is 3.84. The number of halogens is 2. The van der Waals surface area contributed by atoms with Crippen LogP contribution in [0.4, 0.5) is 0 Å². The molecule has 0 aliphatic carbocycles. The van der Waals surface area contributed by atoms with Crippen molar-refractivity contribution in [3.05, 3.63) is 34.9 Å². The van der Waals surface area contributed by atoms with Crippen molar-refractivity contribution in [3.8, 4) is 0 Å². The largest absolute Gasteiger partial charge is 0.385 e. The Kier molecular flexibility index (Phi) is 6.94. The zero-order valence-corrected chi connectivity index (χ0v) is 12.0. The van der Waals surface area contributed by atoms with Crippen LogP contribution in [-0.4, -0.2) is 19.6 Å². The van der Waals surface area contributed by atoms with Gasteiger partial charge in [0.2, 0.25) is 0 Å². The average Bonchev–Trinajstić information content (AvgIpc) is 2.35. The quantitative estimate of drug-likeness (QED) is 0.670. The Morgan fingerprint density at radius 3 is 2.41 bits per heavy atom. The van der Waals surface area contributed by atoms with Gasteiger partial charge < -0.3 is 4.74 Å². The molecule has 0 amide bonds. The fourth-order valence-electron chi connectivity index (χ4n) is 1.87. The highest BCUT2D eigenvalue weighted by Gasteiger charge is 2.16. The molecule has 0 radical (unpaired) electrons. The molecule has 0 saturated heterocycles. The van der Waals surface area contributed by atoms with Gasteiger partial charge >= 0.3 is 0 Å². The maximum absolute atomic E-state index is 6.06. The lowest BCUT2D eigenvalue weighted by molar-refractivity contribution is 0.168. The molecule has 0 heterocycles. The normalized spacial score (nSPS) is 14.6. The molecule has 0 N–H and O–H groups in total. The van der Waals surface area contributed by atoms with E-state index >= 15 is 0 Å². The van der Waals surface area contributed by atoms with Gasteiger partial charge in [0.15, 0.2) is 0 Å². The third-order valence-electron chi connectivity index (χ3n) is 3.19. The van der Waals surface area contributed by atoms with Crippen LogP contribution in [0.5, 0.6) is 0 Å². The first-order chi connectivity index (χ1) is 8.17. The SMILES string of the molecule is COCCC(C)C(CCl)Cc1ccc(Cl)cc1. The van der Waals surface area contributed by atoms with Crippen molar-refractivity contribution >= 4 is 23.2 Å². The smallest absolute Gasteiger partial charge is 0.0464 e. The summed E-state index contributed by atoms with van der Waals surface area (Å²) in [6.07, 6.45) is 2.06. The summed E-state index contributed by atoms with van der Waals surface area (Å²) < 4.78 is 5.11. The number of hydrogen-bond acceptors (Lipinski definition) is 1. The lowest BCUT2D eigenvalue weighted by Gasteiger charge is -2.21. The molecule has 3 heteroatoms. The monoisotopic (exact) mass is 274 g/mol. The lowest BCUT2D eigenvalue weighted by atomic mass is 9.87. The Balaban J connectivity index is 2.53. The number of rotatable bonds is 7. The molecule has 0 fully saturated rings. The summed E-state index contributed by atoms with van der Waals surface area (Å²) in [6.45, 7) is 3.04. The Hall–Kier alpha value is -0.240. The van der Waals surface area contributed by atoms with Crippen LogP contribution in [-0.2, 0) is 11.2 Å². The van der Waals surface area contributed by atoms with Crippen molar-refractivity contribution in [2.24, 2.45) is 11.8 Å². The summed E-state index contributed by atoms with van der Waals surface area (Å²) in [5.74, 6) is 1.75. The second-order valence-corrected chi connectivity index (χ2v) is 5.25. The van der Waals surface area contributed by atoms with Gasteiger partial charge in [-0.05, 0) is 42.4 Å². The molecule has 0 aromatic heterocycles. The standard InChI is InChI=1S/C14H20Cl2O/c1-11(7-8-17-2)13(10-15)9-12-3-5-14(16)6-4-12/h3-6,11,13H,7-10H2,1-2H3. The summed E-state index contributed by atoms with van der Waals surface area (Å²) in [4.78, 5) is 0. The molecular formula is C14H20Cl2O. The average molecular weight is 275 g/mol. The molecule has 2 atom stereocenters. The fraction of sp³-hybridized carbons (Fsp3) is 0.571. The van der Waals surface area contributed by atoms with Crippen molar-refractivity contribution in [2.75, 3.05) is 19.6 Å². The van der Waals surface area contributed by atoms with Gasteiger partial charge in [-0.3, -0.25) is 0 Å².